The second-order valence-electron chi connectivity index (χ2n) is 8.21. The minimum Gasteiger partial charge on any atom is -0.368 e. The second kappa shape index (κ2) is 6.88. The monoisotopic (exact) mass is 390 g/mol. The fourth-order valence-electron chi connectivity index (χ4n) is 4.69. The molecule has 1 N–H and O–H groups in total. The summed E-state index contributed by atoms with van der Waals surface area (Å²) < 4.78 is 6.35. The lowest BCUT2D eigenvalue weighted by Crippen LogP contribution is -2.48. The van der Waals surface area contributed by atoms with Crippen molar-refractivity contribution in [3.8, 4) is 0 Å². The number of rotatable bonds is 2. The van der Waals surface area contributed by atoms with E-state index in [0.717, 1.165) is 31.7 Å². The maximum atomic E-state index is 13.0. The van der Waals surface area contributed by atoms with E-state index in [2.05, 4.69) is 34.2 Å². The van der Waals surface area contributed by atoms with Gasteiger partial charge in [-0.25, -0.2) is 4.98 Å². The molecule has 1 spiro atoms. The first-order valence-corrected chi connectivity index (χ1v) is 10.2. The summed E-state index contributed by atoms with van der Waals surface area (Å²) >= 11 is 0. The van der Waals surface area contributed by atoms with Gasteiger partial charge in [0, 0.05) is 44.3 Å². The van der Waals surface area contributed by atoms with E-state index in [9.17, 15) is 4.79 Å². The van der Waals surface area contributed by atoms with Crippen molar-refractivity contribution in [3.05, 3.63) is 59.4 Å². The fourth-order valence-corrected chi connectivity index (χ4v) is 4.69. The van der Waals surface area contributed by atoms with Gasteiger partial charge in [-0.15, -0.1) is 0 Å². The Labute approximate surface area is 170 Å². The van der Waals surface area contributed by atoms with E-state index in [-0.39, 0.29) is 11.5 Å². The molecule has 1 fully saturated rings. The van der Waals surface area contributed by atoms with Crippen LogP contribution in [0.25, 0.3) is 10.9 Å². The number of hydrogen-bond donors (Lipinski definition) is 1. The summed E-state index contributed by atoms with van der Waals surface area (Å²) in [6, 6.07) is 12.2. The van der Waals surface area contributed by atoms with Gasteiger partial charge < -0.3 is 19.5 Å². The summed E-state index contributed by atoms with van der Waals surface area (Å²) in [4.78, 5) is 24.8. The highest BCUT2D eigenvalue weighted by molar-refractivity contribution is 5.94. The number of nitrogens with zero attached hydrogens (tertiary/aromatic N) is 3. The van der Waals surface area contributed by atoms with Gasteiger partial charge in [-0.1, -0.05) is 18.2 Å². The SMILES string of the molecule is CN(C)c1ccc(C(=O)N2CCC3(CC2)OCCc2c3[nH]c3ccccc23)cn1. The van der Waals surface area contributed by atoms with Crippen LogP contribution in [0, 0.1) is 0 Å². The summed E-state index contributed by atoms with van der Waals surface area (Å²) in [5.74, 6) is 0.895. The molecule has 2 aliphatic rings. The molecule has 0 bridgehead atoms. The van der Waals surface area contributed by atoms with Crippen LogP contribution in [0.2, 0.25) is 0 Å². The highest BCUT2D eigenvalue weighted by atomic mass is 16.5. The Balaban J connectivity index is 1.36. The van der Waals surface area contributed by atoms with Crippen molar-refractivity contribution in [2.75, 3.05) is 38.7 Å². The number of fused-ring (bicyclic) bond motifs is 4. The number of piperidine rings is 1. The van der Waals surface area contributed by atoms with Crippen LogP contribution in [0.1, 0.15) is 34.5 Å². The molecule has 1 amide bonds. The molecule has 0 unspecified atom stereocenters. The number of para-hydroxylation sites is 1. The lowest BCUT2D eigenvalue weighted by molar-refractivity contribution is -0.0957. The largest absolute Gasteiger partial charge is 0.368 e. The predicted octanol–water partition coefficient (Wildman–Crippen LogP) is 3.33. The lowest BCUT2D eigenvalue weighted by atomic mass is 9.83. The lowest BCUT2D eigenvalue weighted by Gasteiger charge is -2.43. The Hall–Kier alpha value is -2.86. The van der Waals surface area contributed by atoms with Crippen LogP contribution in [-0.2, 0) is 16.8 Å². The summed E-state index contributed by atoms with van der Waals surface area (Å²) in [6.07, 6.45) is 4.23. The average molecular weight is 390 g/mol. The predicted molar refractivity (Wildman–Crippen MR) is 113 cm³/mol. The van der Waals surface area contributed by atoms with Gasteiger partial charge in [0.1, 0.15) is 11.4 Å². The van der Waals surface area contributed by atoms with Crippen molar-refractivity contribution >= 4 is 22.6 Å². The van der Waals surface area contributed by atoms with E-state index in [0.29, 0.717) is 18.7 Å². The molecule has 150 valence electrons. The van der Waals surface area contributed by atoms with Crippen LogP contribution in [0.4, 0.5) is 5.82 Å². The van der Waals surface area contributed by atoms with Crippen LogP contribution in [0.5, 0.6) is 0 Å². The molecule has 29 heavy (non-hydrogen) atoms. The van der Waals surface area contributed by atoms with E-state index in [1.54, 1.807) is 6.20 Å². The number of likely N-dealkylation sites (tertiary alicyclic amines) is 1. The molecule has 6 nitrogen and oxygen atoms in total. The number of hydrogen-bond acceptors (Lipinski definition) is 4. The Morgan fingerprint density at radius 1 is 1.17 bits per heavy atom. The van der Waals surface area contributed by atoms with E-state index in [1.807, 2.05) is 36.0 Å². The number of pyridine rings is 1. The summed E-state index contributed by atoms with van der Waals surface area (Å²) in [5, 5.41) is 1.30. The summed E-state index contributed by atoms with van der Waals surface area (Å²) in [5.41, 5.74) is 4.11. The van der Waals surface area contributed by atoms with Gasteiger partial charge in [0.05, 0.1) is 17.9 Å². The standard InChI is InChI=1S/C23H26N4O2/c1-26(2)20-8-7-16(15-24-20)22(28)27-12-10-23(11-13-27)21-18(9-14-29-23)17-5-3-4-6-19(17)25-21/h3-8,15,25H,9-14H2,1-2H3. The molecule has 2 aromatic heterocycles. The molecule has 0 aliphatic carbocycles. The molecule has 4 heterocycles. The Morgan fingerprint density at radius 3 is 2.69 bits per heavy atom. The van der Waals surface area contributed by atoms with Gasteiger partial charge in [0.2, 0.25) is 0 Å². The highest BCUT2D eigenvalue weighted by Gasteiger charge is 2.43. The minimum atomic E-state index is -0.309. The topological polar surface area (TPSA) is 61.5 Å². The number of aromatic nitrogens is 2. The quantitative estimate of drug-likeness (QED) is 0.729. The van der Waals surface area contributed by atoms with Crippen molar-refractivity contribution in [1.82, 2.24) is 14.9 Å². The zero-order valence-electron chi connectivity index (χ0n) is 16.9. The third kappa shape index (κ3) is 2.99. The number of nitrogens with one attached hydrogen (secondary N) is 1. The van der Waals surface area contributed by atoms with Gasteiger partial charge >= 0.3 is 0 Å². The van der Waals surface area contributed by atoms with Crippen molar-refractivity contribution in [3.63, 3.8) is 0 Å². The van der Waals surface area contributed by atoms with Crippen molar-refractivity contribution in [1.29, 1.82) is 0 Å². The van der Waals surface area contributed by atoms with Gasteiger partial charge in [-0.3, -0.25) is 4.79 Å². The molecule has 3 aromatic rings. The molecule has 2 aliphatic heterocycles. The van der Waals surface area contributed by atoms with Crippen molar-refractivity contribution < 1.29 is 9.53 Å². The van der Waals surface area contributed by atoms with E-state index in [4.69, 9.17) is 4.74 Å². The molecular formula is C23H26N4O2. The third-order valence-corrected chi connectivity index (χ3v) is 6.31. The zero-order chi connectivity index (χ0) is 20.0. The first kappa shape index (κ1) is 18.2. The molecule has 5 rings (SSSR count). The van der Waals surface area contributed by atoms with Gasteiger partial charge in [0.25, 0.3) is 5.91 Å². The Morgan fingerprint density at radius 2 is 1.97 bits per heavy atom. The van der Waals surface area contributed by atoms with Crippen LogP contribution >= 0.6 is 0 Å². The number of carbonyl (C=O) groups excluding carboxylic acids is 1. The number of H-pyrrole nitrogens is 1. The first-order valence-electron chi connectivity index (χ1n) is 10.2. The fraction of sp³-hybridized carbons (Fsp3) is 0.391. The maximum Gasteiger partial charge on any atom is 0.255 e. The minimum absolute atomic E-state index is 0.0466. The normalized spacial score (nSPS) is 18.1. The number of carbonyl (C=O) groups is 1. The number of amides is 1. The highest BCUT2D eigenvalue weighted by Crippen LogP contribution is 2.43. The molecule has 1 saturated heterocycles. The average Bonchev–Trinajstić information content (AvgIpc) is 3.14. The second-order valence-corrected chi connectivity index (χ2v) is 8.21. The van der Waals surface area contributed by atoms with Crippen molar-refractivity contribution in [2.24, 2.45) is 0 Å². The van der Waals surface area contributed by atoms with Crippen LogP contribution in [-0.4, -0.2) is 54.6 Å². The molecule has 0 radical (unpaired) electrons. The first-order chi connectivity index (χ1) is 14.1. The summed E-state index contributed by atoms with van der Waals surface area (Å²) in [7, 11) is 3.88. The van der Waals surface area contributed by atoms with Crippen molar-refractivity contribution in [2.45, 2.75) is 24.9 Å². The smallest absolute Gasteiger partial charge is 0.255 e. The molecule has 6 heteroatoms. The van der Waals surface area contributed by atoms with Crippen LogP contribution in [0.3, 0.4) is 0 Å². The van der Waals surface area contributed by atoms with Crippen LogP contribution in [0.15, 0.2) is 42.6 Å². The molecule has 1 aromatic carbocycles. The Kier molecular flexibility index (Phi) is 4.32. The number of ether oxygens (including phenoxy) is 1. The van der Waals surface area contributed by atoms with E-state index < -0.39 is 0 Å². The van der Waals surface area contributed by atoms with Gasteiger partial charge in [-0.05, 0) is 43.0 Å². The van der Waals surface area contributed by atoms with Gasteiger partial charge in [0.15, 0.2) is 0 Å². The Bertz CT molecular complexity index is 1050. The van der Waals surface area contributed by atoms with E-state index in [1.165, 1.54) is 22.2 Å². The molecular weight excluding hydrogens is 364 g/mol. The maximum absolute atomic E-state index is 13.0. The zero-order valence-corrected chi connectivity index (χ0v) is 16.9. The van der Waals surface area contributed by atoms with E-state index >= 15 is 0 Å². The molecule has 0 saturated carbocycles. The van der Waals surface area contributed by atoms with Gasteiger partial charge in [-0.2, -0.15) is 0 Å². The summed E-state index contributed by atoms with van der Waals surface area (Å²) in [6.45, 7) is 2.10. The number of anilines is 1. The molecule has 0 atom stereocenters. The third-order valence-electron chi connectivity index (χ3n) is 6.31. The number of aromatic amines is 1. The van der Waals surface area contributed by atoms with Crippen LogP contribution < -0.4 is 4.90 Å². The number of benzene rings is 1.